The molecule has 0 spiro atoms. The summed E-state index contributed by atoms with van der Waals surface area (Å²) < 4.78 is 0. The first-order valence-electron chi connectivity index (χ1n) is 7.59. The molecule has 1 nitrogen and oxygen atoms in total. The van der Waals surface area contributed by atoms with Crippen LogP contribution in [0.4, 0.5) is 0 Å². The second kappa shape index (κ2) is 7.86. The van der Waals surface area contributed by atoms with Gasteiger partial charge in [-0.15, -0.1) is 0 Å². The molecule has 0 aliphatic rings. The smallest absolute Gasteiger partial charge is 0.0101 e. The van der Waals surface area contributed by atoms with E-state index in [1.807, 2.05) is 0 Å². The highest BCUT2D eigenvalue weighted by Crippen LogP contribution is 2.27. The van der Waals surface area contributed by atoms with E-state index in [9.17, 15) is 0 Å². The molecule has 0 saturated heterocycles. The van der Waals surface area contributed by atoms with Gasteiger partial charge < -0.3 is 4.90 Å². The average molecular weight is 267 g/mol. The highest BCUT2D eigenvalue weighted by Gasteiger charge is 2.14. The highest BCUT2D eigenvalue weighted by atomic mass is 15.1. The first kappa shape index (κ1) is 14.8. The first-order valence-corrected chi connectivity index (χ1v) is 7.59. The van der Waals surface area contributed by atoms with Gasteiger partial charge in [-0.3, -0.25) is 0 Å². The lowest BCUT2D eigenvalue weighted by Gasteiger charge is -2.22. The summed E-state index contributed by atoms with van der Waals surface area (Å²) in [4.78, 5) is 2.43. The second-order valence-electron chi connectivity index (χ2n) is 5.47. The fourth-order valence-electron chi connectivity index (χ4n) is 2.74. The molecule has 2 aromatic carbocycles. The lowest BCUT2D eigenvalue weighted by Crippen LogP contribution is -2.22. The minimum Gasteiger partial charge on any atom is -0.306 e. The second-order valence-corrected chi connectivity index (χ2v) is 5.47. The topological polar surface area (TPSA) is 3.24 Å². The Balaban J connectivity index is 2.13. The molecule has 2 aromatic rings. The molecule has 0 atom stereocenters. The number of benzene rings is 2. The molecule has 0 saturated carbocycles. The number of hydrogen-bond donors (Lipinski definition) is 0. The van der Waals surface area contributed by atoms with Gasteiger partial charge in [-0.2, -0.15) is 0 Å². The number of nitrogens with zero attached hydrogens (tertiary/aromatic N) is 1. The molecule has 0 radical (unpaired) electrons. The van der Waals surface area contributed by atoms with Crippen molar-refractivity contribution in [1.82, 2.24) is 4.90 Å². The lowest BCUT2D eigenvalue weighted by atomic mass is 9.88. The fraction of sp³-hybridized carbons (Fsp3) is 0.368. The van der Waals surface area contributed by atoms with Crippen molar-refractivity contribution in [1.29, 1.82) is 0 Å². The van der Waals surface area contributed by atoms with E-state index in [-0.39, 0.29) is 0 Å². The van der Waals surface area contributed by atoms with Crippen LogP contribution in [0.15, 0.2) is 60.7 Å². The Bertz CT molecular complexity index is 438. The normalized spacial score (nSPS) is 11.2. The summed E-state index contributed by atoms with van der Waals surface area (Å²) in [6.07, 6.45) is 2.39. The van der Waals surface area contributed by atoms with Crippen molar-refractivity contribution in [2.45, 2.75) is 25.7 Å². The molecule has 0 heterocycles. The van der Waals surface area contributed by atoms with Crippen LogP contribution in [0.25, 0.3) is 0 Å². The van der Waals surface area contributed by atoms with Gasteiger partial charge in [0.05, 0.1) is 0 Å². The molecule has 2 rings (SSSR count). The molecule has 1 heteroatoms. The molecule has 0 fully saturated rings. The molecule has 0 unspecified atom stereocenters. The Morgan fingerprint density at radius 3 is 1.75 bits per heavy atom. The molecule has 0 N–H and O–H groups in total. The summed E-state index contributed by atoms with van der Waals surface area (Å²) in [5.41, 5.74) is 2.84. The van der Waals surface area contributed by atoms with E-state index >= 15 is 0 Å². The van der Waals surface area contributed by atoms with E-state index < -0.39 is 0 Å². The molecular formula is C19H25N. The van der Waals surface area contributed by atoms with Crippen molar-refractivity contribution in [2.24, 2.45) is 0 Å². The number of rotatable bonds is 7. The maximum atomic E-state index is 2.43. The van der Waals surface area contributed by atoms with Gasteiger partial charge in [-0.05, 0) is 44.1 Å². The maximum absolute atomic E-state index is 2.43. The minimum atomic E-state index is 0.497. The minimum absolute atomic E-state index is 0.497. The van der Waals surface area contributed by atoms with E-state index in [1.54, 1.807) is 0 Å². The number of hydrogen-bond acceptors (Lipinski definition) is 1. The fourth-order valence-corrected chi connectivity index (χ4v) is 2.74. The molecule has 0 aromatic heterocycles. The van der Waals surface area contributed by atoms with Gasteiger partial charge in [0.1, 0.15) is 0 Å². The molecule has 0 bridgehead atoms. The molecule has 0 aliphatic heterocycles. The van der Waals surface area contributed by atoms with E-state index in [0.29, 0.717) is 5.92 Å². The Kier molecular flexibility index (Phi) is 5.82. The third kappa shape index (κ3) is 4.21. The van der Waals surface area contributed by atoms with Gasteiger partial charge in [-0.1, -0.05) is 67.6 Å². The van der Waals surface area contributed by atoms with E-state index in [0.717, 1.165) is 6.54 Å². The van der Waals surface area contributed by atoms with Crippen LogP contribution in [-0.4, -0.2) is 25.0 Å². The largest absolute Gasteiger partial charge is 0.306 e. The summed E-state index contributed by atoms with van der Waals surface area (Å²) in [5.74, 6) is 0.497. The van der Waals surface area contributed by atoms with Crippen molar-refractivity contribution < 1.29 is 0 Å². The molecule has 20 heavy (non-hydrogen) atoms. The van der Waals surface area contributed by atoms with Crippen molar-refractivity contribution in [3.05, 3.63) is 71.8 Å². The average Bonchev–Trinajstić information content (AvgIpc) is 2.50. The Morgan fingerprint density at radius 1 is 0.800 bits per heavy atom. The Labute approximate surface area is 123 Å². The van der Waals surface area contributed by atoms with Crippen molar-refractivity contribution in [2.75, 3.05) is 20.1 Å². The quantitative estimate of drug-likeness (QED) is 0.711. The lowest BCUT2D eigenvalue weighted by molar-refractivity contribution is 0.324. The monoisotopic (exact) mass is 267 g/mol. The van der Waals surface area contributed by atoms with Gasteiger partial charge in [0.25, 0.3) is 0 Å². The summed E-state index contributed by atoms with van der Waals surface area (Å²) in [5, 5.41) is 0. The van der Waals surface area contributed by atoms with Crippen LogP contribution < -0.4 is 0 Å². The predicted molar refractivity (Wildman–Crippen MR) is 87.1 cm³/mol. The summed E-state index contributed by atoms with van der Waals surface area (Å²) in [6, 6.07) is 21.7. The van der Waals surface area contributed by atoms with E-state index in [2.05, 4.69) is 79.5 Å². The standard InChI is InChI=1S/C19H25N/c1-3-15-20(2)16-14-19(17-10-6-4-7-11-17)18-12-8-5-9-13-18/h4-13,19H,3,14-16H2,1-2H3. The molecular weight excluding hydrogens is 242 g/mol. The zero-order chi connectivity index (χ0) is 14.2. The van der Waals surface area contributed by atoms with Crippen LogP contribution in [0.2, 0.25) is 0 Å². The van der Waals surface area contributed by atoms with E-state index in [4.69, 9.17) is 0 Å². The van der Waals surface area contributed by atoms with Crippen molar-refractivity contribution in [3.8, 4) is 0 Å². The van der Waals surface area contributed by atoms with Gasteiger partial charge in [0.15, 0.2) is 0 Å². The van der Waals surface area contributed by atoms with Crippen LogP contribution in [0.1, 0.15) is 36.8 Å². The van der Waals surface area contributed by atoms with Crippen LogP contribution in [0.3, 0.4) is 0 Å². The van der Waals surface area contributed by atoms with Crippen LogP contribution in [0, 0.1) is 0 Å². The molecule has 0 amide bonds. The van der Waals surface area contributed by atoms with Gasteiger partial charge in [0, 0.05) is 5.92 Å². The van der Waals surface area contributed by atoms with Crippen LogP contribution in [-0.2, 0) is 0 Å². The van der Waals surface area contributed by atoms with E-state index in [1.165, 1.54) is 30.5 Å². The first-order chi connectivity index (χ1) is 9.81. The van der Waals surface area contributed by atoms with Gasteiger partial charge in [-0.25, -0.2) is 0 Å². The third-order valence-electron chi connectivity index (χ3n) is 3.81. The summed E-state index contributed by atoms with van der Waals surface area (Å²) >= 11 is 0. The van der Waals surface area contributed by atoms with Crippen LogP contribution >= 0.6 is 0 Å². The zero-order valence-corrected chi connectivity index (χ0v) is 12.6. The Hall–Kier alpha value is -1.60. The van der Waals surface area contributed by atoms with Gasteiger partial charge >= 0.3 is 0 Å². The third-order valence-corrected chi connectivity index (χ3v) is 3.81. The predicted octanol–water partition coefficient (Wildman–Crippen LogP) is 4.55. The summed E-state index contributed by atoms with van der Waals surface area (Å²) in [7, 11) is 2.22. The van der Waals surface area contributed by atoms with Crippen molar-refractivity contribution in [3.63, 3.8) is 0 Å². The molecule has 106 valence electrons. The maximum Gasteiger partial charge on any atom is 0.0101 e. The van der Waals surface area contributed by atoms with Gasteiger partial charge in [0.2, 0.25) is 0 Å². The van der Waals surface area contributed by atoms with Crippen molar-refractivity contribution >= 4 is 0 Å². The summed E-state index contributed by atoms with van der Waals surface area (Å²) in [6.45, 7) is 4.56. The molecule has 0 aliphatic carbocycles. The zero-order valence-electron chi connectivity index (χ0n) is 12.6. The SMILES string of the molecule is CCCN(C)CCC(c1ccccc1)c1ccccc1. The van der Waals surface area contributed by atoms with Crippen LogP contribution in [0.5, 0.6) is 0 Å². The Morgan fingerprint density at radius 2 is 1.30 bits per heavy atom. The highest BCUT2D eigenvalue weighted by molar-refractivity contribution is 5.32.